The van der Waals surface area contributed by atoms with E-state index >= 15 is 0 Å². The fourth-order valence-corrected chi connectivity index (χ4v) is 4.14. The third-order valence-corrected chi connectivity index (χ3v) is 6.07. The highest BCUT2D eigenvalue weighted by atomic mass is 35.5. The summed E-state index contributed by atoms with van der Waals surface area (Å²) >= 11 is 7.48. The molecule has 152 valence electrons. The normalized spacial score (nSPS) is 13.9. The zero-order valence-corrected chi connectivity index (χ0v) is 17.1. The van der Waals surface area contributed by atoms with Gasteiger partial charge >= 0.3 is 0 Å². The van der Waals surface area contributed by atoms with Crippen LogP contribution in [0.25, 0.3) is 16.6 Å². The Morgan fingerprint density at radius 1 is 1.23 bits per heavy atom. The van der Waals surface area contributed by atoms with Crippen molar-refractivity contribution in [3.8, 4) is 5.69 Å². The van der Waals surface area contributed by atoms with E-state index in [-0.39, 0.29) is 11.9 Å². The zero-order chi connectivity index (χ0) is 20.7. The second-order valence-electron chi connectivity index (χ2n) is 6.93. The summed E-state index contributed by atoms with van der Waals surface area (Å²) in [6, 6.07) is 12.1. The number of anilines is 2. The number of benzene rings is 2. The molecule has 0 atom stereocenters. The van der Waals surface area contributed by atoms with Crippen molar-refractivity contribution < 1.29 is 13.9 Å². The van der Waals surface area contributed by atoms with E-state index in [2.05, 4.69) is 15.7 Å². The Bertz CT molecular complexity index is 1250. The average molecular weight is 443 g/mol. The van der Waals surface area contributed by atoms with Gasteiger partial charge in [0.05, 0.1) is 57.9 Å². The van der Waals surface area contributed by atoms with Gasteiger partial charge in [-0.15, -0.1) is 11.3 Å². The fourth-order valence-electron chi connectivity index (χ4n) is 3.19. The second kappa shape index (κ2) is 7.71. The van der Waals surface area contributed by atoms with Gasteiger partial charge in [0.1, 0.15) is 5.82 Å². The number of carbonyl (C=O) groups is 1. The molecule has 0 unspecified atom stereocenters. The summed E-state index contributed by atoms with van der Waals surface area (Å²) in [5.74, 6) is -0.573. The van der Waals surface area contributed by atoms with Crippen molar-refractivity contribution in [1.82, 2.24) is 15.1 Å². The summed E-state index contributed by atoms with van der Waals surface area (Å²) < 4.78 is 21.5. The number of nitrogens with one attached hydrogen (secondary N) is 2. The molecule has 2 N–H and O–H groups in total. The maximum Gasteiger partial charge on any atom is 0.261 e. The van der Waals surface area contributed by atoms with Gasteiger partial charge in [0.25, 0.3) is 5.91 Å². The molecule has 2 aromatic heterocycles. The Balaban J connectivity index is 1.43. The number of thiophene rings is 1. The van der Waals surface area contributed by atoms with Gasteiger partial charge in [-0.3, -0.25) is 4.79 Å². The van der Waals surface area contributed by atoms with Gasteiger partial charge in [-0.05, 0) is 24.3 Å². The Labute approximate surface area is 180 Å². The number of nitrogens with zero attached hydrogens (tertiary/aromatic N) is 2. The van der Waals surface area contributed by atoms with Crippen LogP contribution in [0.15, 0.2) is 54.0 Å². The molecule has 0 radical (unpaired) electrons. The summed E-state index contributed by atoms with van der Waals surface area (Å²) in [5.41, 5.74) is 2.24. The predicted octanol–water partition coefficient (Wildman–Crippen LogP) is 4.75. The Morgan fingerprint density at radius 2 is 2.07 bits per heavy atom. The average Bonchev–Trinajstić information content (AvgIpc) is 3.33. The molecular weight excluding hydrogens is 427 g/mol. The summed E-state index contributed by atoms with van der Waals surface area (Å²) in [5, 5.41) is 13.4. The molecular formula is C21H16ClFN4O2S. The minimum Gasteiger partial charge on any atom is -0.377 e. The molecule has 1 aliphatic rings. The topological polar surface area (TPSA) is 68.2 Å². The molecule has 30 heavy (non-hydrogen) atoms. The number of hydrogen-bond donors (Lipinski definition) is 2. The summed E-state index contributed by atoms with van der Waals surface area (Å²) in [6.45, 7) is 1.08. The van der Waals surface area contributed by atoms with Gasteiger partial charge in [-0.1, -0.05) is 23.7 Å². The first-order chi connectivity index (χ1) is 14.6. The molecule has 5 rings (SSSR count). The Kier molecular flexibility index (Phi) is 4.90. The van der Waals surface area contributed by atoms with Crippen molar-refractivity contribution in [1.29, 1.82) is 0 Å². The van der Waals surface area contributed by atoms with Crippen molar-refractivity contribution >= 4 is 51.1 Å². The first-order valence-electron chi connectivity index (χ1n) is 9.25. The van der Waals surface area contributed by atoms with Crippen LogP contribution in [0.1, 0.15) is 9.67 Å². The van der Waals surface area contributed by atoms with Crippen LogP contribution in [-0.4, -0.2) is 34.9 Å². The van der Waals surface area contributed by atoms with Gasteiger partial charge in [0.15, 0.2) is 0 Å². The third kappa shape index (κ3) is 3.54. The molecule has 0 bridgehead atoms. The van der Waals surface area contributed by atoms with Crippen LogP contribution >= 0.6 is 22.9 Å². The number of aromatic nitrogens is 2. The largest absolute Gasteiger partial charge is 0.377 e. The van der Waals surface area contributed by atoms with E-state index in [0.717, 1.165) is 5.39 Å². The standard InChI is InChI=1S/C21H16ClFN4O2S/c22-15-3-1-2-4-17(15)26-18-5-12-8-24-27(19(12)7-16(18)23)14-6-20(30-11-14)21(28)25-13-9-29-10-13/h1-8,11,13,26H,9-10H2,(H,25,28). The van der Waals surface area contributed by atoms with E-state index in [4.69, 9.17) is 16.3 Å². The fraction of sp³-hybridized carbons (Fsp3) is 0.143. The van der Waals surface area contributed by atoms with Crippen LogP contribution in [0.2, 0.25) is 5.02 Å². The lowest BCUT2D eigenvalue weighted by atomic mass is 10.2. The van der Waals surface area contributed by atoms with Crippen molar-refractivity contribution in [2.75, 3.05) is 18.5 Å². The van der Waals surface area contributed by atoms with E-state index in [1.807, 2.05) is 17.5 Å². The summed E-state index contributed by atoms with van der Waals surface area (Å²) in [4.78, 5) is 12.9. The van der Waals surface area contributed by atoms with E-state index in [0.29, 0.717) is 45.7 Å². The number of halogens is 2. The van der Waals surface area contributed by atoms with Gasteiger partial charge in [0, 0.05) is 16.8 Å². The molecule has 0 spiro atoms. The van der Waals surface area contributed by atoms with Gasteiger partial charge < -0.3 is 15.4 Å². The molecule has 0 saturated carbocycles. The number of carbonyl (C=O) groups excluding carboxylic acids is 1. The van der Waals surface area contributed by atoms with E-state index in [1.165, 1.54) is 17.4 Å². The molecule has 1 fully saturated rings. The maximum absolute atomic E-state index is 14.8. The lowest BCUT2D eigenvalue weighted by molar-refractivity contribution is -0.00338. The molecule has 9 heteroatoms. The number of para-hydroxylation sites is 1. The van der Waals surface area contributed by atoms with Crippen LogP contribution in [0.5, 0.6) is 0 Å². The number of ether oxygens (including phenoxy) is 1. The Hall–Kier alpha value is -2.94. The molecule has 0 aliphatic carbocycles. The molecule has 2 aromatic carbocycles. The Morgan fingerprint density at radius 3 is 2.83 bits per heavy atom. The van der Waals surface area contributed by atoms with Crippen molar-refractivity contribution in [2.45, 2.75) is 6.04 Å². The molecule has 1 amide bonds. The molecule has 6 nitrogen and oxygen atoms in total. The van der Waals surface area contributed by atoms with Crippen LogP contribution < -0.4 is 10.6 Å². The highest BCUT2D eigenvalue weighted by Crippen LogP contribution is 2.31. The number of fused-ring (bicyclic) bond motifs is 1. The van der Waals surface area contributed by atoms with Crippen molar-refractivity contribution in [3.05, 3.63) is 69.8 Å². The smallest absolute Gasteiger partial charge is 0.261 e. The molecule has 1 aliphatic heterocycles. The zero-order valence-electron chi connectivity index (χ0n) is 15.6. The summed E-state index contributed by atoms with van der Waals surface area (Å²) in [7, 11) is 0. The summed E-state index contributed by atoms with van der Waals surface area (Å²) in [6.07, 6.45) is 1.66. The van der Waals surface area contributed by atoms with E-state index < -0.39 is 5.82 Å². The van der Waals surface area contributed by atoms with Gasteiger partial charge in [-0.2, -0.15) is 5.10 Å². The monoisotopic (exact) mass is 442 g/mol. The quantitative estimate of drug-likeness (QED) is 0.468. The van der Waals surface area contributed by atoms with E-state index in [1.54, 1.807) is 35.1 Å². The van der Waals surface area contributed by atoms with Crippen LogP contribution in [0, 0.1) is 5.82 Å². The maximum atomic E-state index is 14.8. The van der Waals surface area contributed by atoms with E-state index in [9.17, 15) is 9.18 Å². The number of amides is 1. The molecule has 3 heterocycles. The minimum absolute atomic E-state index is 0.0618. The van der Waals surface area contributed by atoms with Crippen molar-refractivity contribution in [3.63, 3.8) is 0 Å². The first kappa shape index (κ1) is 19.0. The van der Waals surface area contributed by atoms with Crippen LogP contribution in [0.3, 0.4) is 0 Å². The lowest BCUT2D eigenvalue weighted by Gasteiger charge is -2.26. The van der Waals surface area contributed by atoms with Crippen LogP contribution in [-0.2, 0) is 4.74 Å². The highest BCUT2D eigenvalue weighted by molar-refractivity contribution is 7.12. The minimum atomic E-state index is -0.428. The molecule has 4 aromatic rings. The predicted molar refractivity (Wildman–Crippen MR) is 116 cm³/mol. The van der Waals surface area contributed by atoms with Gasteiger partial charge in [-0.25, -0.2) is 9.07 Å². The van der Waals surface area contributed by atoms with Crippen molar-refractivity contribution in [2.24, 2.45) is 0 Å². The van der Waals surface area contributed by atoms with Gasteiger partial charge in [0.2, 0.25) is 0 Å². The number of hydrogen-bond acceptors (Lipinski definition) is 5. The lowest BCUT2D eigenvalue weighted by Crippen LogP contribution is -2.48. The second-order valence-corrected chi connectivity index (χ2v) is 8.25. The first-order valence-corrected chi connectivity index (χ1v) is 10.5. The molecule has 1 saturated heterocycles. The number of rotatable bonds is 5. The highest BCUT2D eigenvalue weighted by Gasteiger charge is 2.22. The third-order valence-electron chi connectivity index (χ3n) is 4.83. The SMILES string of the molecule is O=C(NC1COC1)c1cc(-n2ncc3cc(Nc4ccccc4Cl)c(F)cc32)cs1. The van der Waals surface area contributed by atoms with Crippen LogP contribution in [0.4, 0.5) is 15.8 Å².